The first-order valence-electron chi connectivity index (χ1n) is 5.23. The molecule has 0 radical (unpaired) electrons. The molecule has 0 saturated carbocycles. The van der Waals surface area contributed by atoms with Crippen LogP contribution in [-0.2, 0) is 4.74 Å². The second-order valence-corrected chi connectivity index (χ2v) is 3.92. The van der Waals surface area contributed by atoms with Crippen LogP contribution in [0.5, 0.6) is 0 Å². The van der Waals surface area contributed by atoms with E-state index in [9.17, 15) is 0 Å². The average Bonchev–Trinajstić information content (AvgIpc) is 2.27. The zero-order chi connectivity index (χ0) is 9.97. The fourth-order valence-electron chi connectivity index (χ4n) is 1.76. The molecule has 2 rings (SSSR count). The minimum Gasteiger partial charge on any atom is -0.473 e. The Morgan fingerprint density at radius 1 is 1.43 bits per heavy atom. The van der Waals surface area contributed by atoms with E-state index >= 15 is 0 Å². The highest BCUT2D eigenvalue weighted by Crippen LogP contribution is 2.30. The topological polar surface area (TPSA) is 9.23 Å². The second kappa shape index (κ2) is 3.87. The number of fused-ring (bicyclic) bond motifs is 1. The quantitative estimate of drug-likeness (QED) is 0.643. The maximum Gasteiger partial charge on any atom is 0.0942 e. The van der Waals surface area contributed by atoms with Gasteiger partial charge in [-0.2, -0.15) is 0 Å². The van der Waals surface area contributed by atoms with Gasteiger partial charge >= 0.3 is 0 Å². The van der Waals surface area contributed by atoms with Crippen LogP contribution in [0.4, 0.5) is 0 Å². The Morgan fingerprint density at radius 2 is 2.29 bits per heavy atom. The summed E-state index contributed by atoms with van der Waals surface area (Å²) in [6.45, 7) is 4.50. The van der Waals surface area contributed by atoms with E-state index in [-0.39, 0.29) is 0 Å². The van der Waals surface area contributed by atoms with Crippen molar-refractivity contribution < 1.29 is 4.74 Å². The summed E-state index contributed by atoms with van der Waals surface area (Å²) < 4.78 is 5.14. The normalized spacial score (nSPS) is 26.0. The highest BCUT2D eigenvalue weighted by atomic mass is 16.5. The summed E-state index contributed by atoms with van der Waals surface area (Å²) in [6.07, 6.45) is 13.6. The Morgan fingerprint density at radius 3 is 3.07 bits per heavy atom. The zero-order valence-electron chi connectivity index (χ0n) is 8.73. The lowest BCUT2D eigenvalue weighted by atomic mass is 9.86. The number of hydrogen-bond donors (Lipinski definition) is 0. The summed E-state index contributed by atoms with van der Waals surface area (Å²) in [5.41, 5.74) is 2.70. The molecule has 74 valence electrons. The first-order valence-corrected chi connectivity index (χ1v) is 5.23. The van der Waals surface area contributed by atoms with Crippen molar-refractivity contribution in [2.75, 3.05) is 0 Å². The van der Waals surface area contributed by atoms with Crippen LogP contribution in [0.1, 0.15) is 20.3 Å². The molecule has 1 aliphatic heterocycles. The Labute approximate surface area is 85.5 Å². The number of ether oxygens (including phenoxy) is 1. The maximum atomic E-state index is 5.14. The van der Waals surface area contributed by atoms with Gasteiger partial charge in [-0.1, -0.05) is 32.1 Å². The summed E-state index contributed by atoms with van der Waals surface area (Å²) in [6, 6.07) is 0. The third-order valence-electron chi connectivity index (χ3n) is 2.98. The van der Waals surface area contributed by atoms with Gasteiger partial charge in [0, 0.05) is 5.92 Å². The average molecular weight is 188 g/mol. The molecule has 0 N–H and O–H groups in total. The van der Waals surface area contributed by atoms with E-state index in [1.807, 2.05) is 6.26 Å². The van der Waals surface area contributed by atoms with Crippen molar-refractivity contribution in [1.29, 1.82) is 0 Å². The Kier molecular flexibility index (Phi) is 2.58. The molecule has 0 amide bonds. The van der Waals surface area contributed by atoms with Gasteiger partial charge in [-0.25, -0.2) is 0 Å². The van der Waals surface area contributed by atoms with E-state index in [1.165, 1.54) is 17.6 Å². The lowest BCUT2D eigenvalue weighted by Crippen LogP contribution is -2.08. The van der Waals surface area contributed by atoms with E-state index in [4.69, 9.17) is 4.74 Å². The number of hydrogen-bond acceptors (Lipinski definition) is 1. The molecule has 1 aliphatic carbocycles. The van der Waals surface area contributed by atoms with E-state index in [0.29, 0.717) is 11.8 Å². The van der Waals surface area contributed by atoms with Gasteiger partial charge in [-0.15, -0.1) is 0 Å². The van der Waals surface area contributed by atoms with Crippen LogP contribution in [0.3, 0.4) is 0 Å². The molecule has 1 nitrogen and oxygen atoms in total. The molecule has 1 heterocycles. The SMILES string of the molecule is CCC(C)C1=CC2C=COC=C2C=C1. The zero-order valence-corrected chi connectivity index (χ0v) is 8.73. The van der Waals surface area contributed by atoms with Gasteiger partial charge in [0.25, 0.3) is 0 Å². The molecule has 1 heteroatoms. The van der Waals surface area contributed by atoms with Crippen LogP contribution in [0, 0.1) is 11.8 Å². The highest BCUT2D eigenvalue weighted by molar-refractivity contribution is 5.41. The van der Waals surface area contributed by atoms with Crippen molar-refractivity contribution in [2.24, 2.45) is 11.8 Å². The third kappa shape index (κ3) is 1.67. The van der Waals surface area contributed by atoms with E-state index < -0.39 is 0 Å². The van der Waals surface area contributed by atoms with Gasteiger partial charge in [-0.3, -0.25) is 0 Å². The van der Waals surface area contributed by atoms with Gasteiger partial charge in [0.05, 0.1) is 12.5 Å². The summed E-state index contributed by atoms with van der Waals surface area (Å²) >= 11 is 0. The van der Waals surface area contributed by atoms with E-state index in [1.54, 1.807) is 6.26 Å². The van der Waals surface area contributed by atoms with Crippen LogP contribution < -0.4 is 0 Å². The van der Waals surface area contributed by atoms with Crippen molar-refractivity contribution in [3.63, 3.8) is 0 Å². The van der Waals surface area contributed by atoms with E-state index in [2.05, 4.69) is 38.2 Å². The molecule has 2 aliphatic rings. The molecule has 0 spiro atoms. The molecular weight excluding hydrogens is 172 g/mol. The van der Waals surface area contributed by atoms with Crippen LogP contribution in [-0.4, -0.2) is 0 Å². The molecule has 2 atom stereocenters. The Hall–Kier alpha value is -1.24. The largest absolute Gasteiger partial charge is 0.473 e. The Bertz CT molecular complexity index is 331. The lowest BCUT2D eigenvalue weighted by Gasteiger charge is -2.21. The predicted molar refractivity (Wildman–Crippen MR) is 58.5 cm³/mol. The third-order valence-corrected chi connectivity index (χ3v) is 2.98. The smallest absolute Gasteiger partial charge is 0.0942 e. The molecule has 0 aromatic carbocycles. The van der Waals surface area contributed by atoms with Crippen molar-refractivity contribution in [2.45, 2.75) is 20.3 Å². The number of allylic oxidation sites excluding steroid dienone is 6. The fourth-order valence-corrected chi connectivity index (χ4v) is 1.76. The van der Waals surface area contributed by atoms with Crippen molar-refractivity contribution in [3.8, 4) is 0 Å². The van der Waals surface area contributed by atoms with Crippen LogP contribution in [0.2, 0.25) is 0 Å². The van der Waals surface area contributed by atoms with Crippen LogP contribution in [0.25, 0.3) is 0 Å². The fraction of sp³-hybridized carbons (Fsp3) is 0.385. The summed E-state index contributed by atoms with van der Waals surface area (Å²) in [5.74, 6) is 1.08. The standard InChI is InChI=1S/C13H16O/c1-3-10(2)11-4-5-13-9-14-7-6-12(13)8-11/h4-10,12H,3H2,1-2H3. The minimum absolute atomic E-state index is 0.428. The predicted octanol–water partition coefficient (Wildman–Crippen LogP) is 3.57. The highest BCUT2D eigenvalue weighted by Gasteiger charge is 2.16. The molecular formula is C13H16O. The molecule has 0 aromatic heterocycles. The van der Waals surface area contributed by atoms with Gasteiger partial charge in [-0.05, 0) is 29.6 Å². The van der Waals surface area contributed by atoms with Crippen molar-refractivity contribution >= 4 is 0 Å². The van der Waals surface area contributed by atoms with Crippen molar-refractivity contribution in [1.82, 2.24) is 0 Å². The van der Waals surface area contributed by atoms with Crippen LogP contribution >= 0.6 is 0 Å². The summed E-state index contributed by atoms with van der Waals surface area (Å²) in [7, 11) is 0. The molecule has 0 saturated heterocycles. The summed E-state index contributed by atoms with van der Waals surface area (Å²) in [5, 5.41) is 0. The van der Waals surface area contributed by atoms with Crippen molar-refractivity contribution in [3.05, 3.63) is 48.0 Å². The maximum absolute atomic E-state index is 5.14. The number of rotatable bonds is 2. The lowest BCUT2D eigenvalue weighted by molar-refractivity contribution is 0.383. The molecule has 2 unspecified atom stereocenters. The van der Waals surface area contributed by atoms with Gasteiger partial charge in [0.15, 0.2) is 0 Å². The summed E-state index contributed by atoms with van der Waals surface area (Å²) in [4.78, 5) is 0. The van der Waals surface area contributed by atoms with E-state index in [0.717, 1.165) is 0 Å². The Balaban J connectivity index is 2.21. The molecule has 0 aromatic rings. The molecule has 0 fully saturated rings. The van der Waals surface area contributed by atoms with Crippen LogP contribution in [0.15, 0.2) is 48.0 Å². The first-order chi connectivity index (χ1) is 6.81. The first kappa shape index (κ1) is 9.32. The monoisotopic (exact) mass is 188 g/mol. The van der Waals surface area contributed by atoms with Gasteiger partial charge in [0.1, 0.15) is 0 Å². The molecule has 14 heavy (non-hydrogen) atoms. The van der Waals surface area contributed by atoms with Gasteiger partial charge in [0.2, 0.25) is 0 Å². The minimum atomic E-state index is 0.428. The second-order valence-electron chi connectivity index (χ2n) is 3.92. The molecule has 0 bridgehead atoms. The van der Waals surface area contributed by atoms with Gasteiger partial charge < -0.3 is 4.74 Å².